The average molecular weight is 465 g/mol. The lowest BCUT2D eigenvalue weighted by Gasteiger charge is -2.13. The molecule has 6 nitrogen and oxygen atoms in total. The SMILES string of the molecule is COc1ccccc1NS(=O)(=O)c1ccc(C)c(C(=O)Nc2cc(Cl)cc(Cl)c2)c1. The number of benzene rings is 3. The Bertz CT molecular complexity index is 1190. The van der Waals surface area contributed by atoms with Gasteiger partial charge in [0, 0.05) is 21.3 Å². The zero-order chi connectivity index (χ0) is 21.9. The van der Waals surface area contributed by atoms with Crippen LogP contribution in [0.1, 0.15) is 15.9 Å². The summed E-state index contributed by atoms with van der Waals surface area (Å²) in [6.45, 7) is 1.71. The van der Waals surface area contributed by atoms with Crippen molar-refractivity contribution in [3.8, 4) is 5.75 Å². The van der Waals surface area contributed by atoms with Crippen molar-refractivity contribution >= 4 is 50.5 Å². The molecule has 0 aliphatic heterocycles. The number of rotatable bonds is 6. The number of anilines is 2. The lowest BCUT2D eigenvalue weighted by molar-refractivity contribution is 0.102. The van der Waals surface area contributed by atoms with Crippen molar-refractivity contribution in [3.05, 3.63) is 81.8 Å². The summed E-state index contributed by atoms with van der Waals surface area (Å²) < 4.78 is 33.4. The first-order chi connectivity index (χ1) is 14.2. The molecule has 0 aliphatic rings. The van der Waals surface area contributed by atoms with Gasteiger partial charge in [-0.3, -0.25) is 9.52 Å². The first-order valence-electron chi connectivity index (χ1n) is 8.73. The molecule has 3 aromatic carbocycles. The van der Waals surface area contributed by atoms with Crippen LogP contribution in [0.4, 0.5) is 11.4 Å². The Kier molecular flexibility index (Phi) is 6.55. The molecule has 0 radical (unpaired) electrons. The van der Waals surface area contributed by atoms with Gasteiger partial charge in [0.25, 0.3) is 15.9 Å². The highest BCUT2D eigenvalue weighted by atomic mass is 35.5. The number of hydrogen-bond donors (Lipinski definition) is 2. The molecule has 3 rings (SSSR count). The van der Waals surface area contributed by atoms with E-state index in [1.54, 1.807) is 55.5 Å². The number of carbonyl (C=O) groups is 1. The van der Waals surface area contributed by atoms with Crippen molar-refractivity contribution < 1.29 is 17.9 Å². The summed E-state index contributed by atoms with van der Waals surface area (Å²) in [6.07, 6.45) is 0. The topological polar surface area (TPSA) is 84.5 Å². The third-order valence-electron chi connectivity index (χ3n) is 4.24. The molecular formula is C21H18Cl2N2O4S. The van der Waals surface area contributed by atoms with Crippen LogP contribution in [0.5, 0.6) is 5.75 Å². The van der Waals surface area contributed by atoms with E-state index in [2.05, 4.69) is 10.0 Å². The number of sulfonamides is 1. The van der Waals surface area contributed by atoms with Gasteiger partial charge < -0.3 is 10.1 Å². The fourth-order valence-electron chi connectivity index (χ4n) is 2.77. The smallest absolute Gasteiger partial charge is 0.262 e. The molecule has 0 saturated heterocycles. The fraction of sp³-hybridized carbons (Fsp3) is 0.0952. The average Bonchev–Trinajstić information content (AvgIpc) is 2.67. The van der Waals surface area contributed by atoms with Crippen molar-refractivity contribution in [2.75, 3.05) is 17.1 Å². The summed E-state index contributed by atoms with van der Waals surface area (Å²) in [7, 11) is -2.51. The maximum Gasteiger partial charge on any atom is 0.262 e. The van der Waals surface area contributed by atoms with Gasteiger partial charge in [-0.15, -0.1) is 0 Å². The zero-order valence-electron chi connectivity index (χ0n) is 16.1. The first-order valence-corrected chi connectivity index (χ1v) is 11.0. The standard InChI is InChI=1S/C21H18Cl2N2O4S/c1-13-7-8-17(30(27,28)25-19-5-3-4-6-20(19)29-2)12-18(13)21(26)24-16-10-14(22)9-15(23)11-16/h3-12,25H,1-2H3,(H,24,26). The molecule has 0 bridgehead atoms. The predicted molar refractivity (Wildman–Crippen MR) is 119 cm³/mol. The van der Waals surface area contributed by atoms with Gasteiger partial charge in [-0.2, -0.15) is 0 Å². The van der Waals surface area contributed by atoms with Crippen LogP contribution in [0.3, 0.4) is 0 Å². The minimum Gasteiger partial charge on any atom is -0.495 e. The first kappa shape index (κ1) is 22.0. The highest BCUT2D eigenvalue weighted by Crippen LogP contribution is 2.27. The number of ether oxygens (including phenoxy) is 1. The summed E-state index contributed by atoms with van der Waals surface area (Å²) >= 11 is 11.9. The molecule has 30 heavy (non-hydrogen) atoms. The van der Waals surface area contributed by atoms with E-state index in [0.29, 0.717) is 32.7 Å². The molecule has 0 fully saturated rings. The summed E-state index contributed by atoms with van der Waals surface area (Å²) in [5.41, 5.74) is 1.50. The van der Waals surface area contributed by atoms with Gasteiger partial charge in [0.15, 0.2) is 0 Å². The molecular weight excluding hydrogens is 447 g/mol. The van der Waals surface area contributed by atoms with Crippen molar-refractivity contribution in [3.63, 3.8) is 0 Å². The fourth-order valence-corrected chi connectivity index (χ4v) is 4.39. The van der Waals surface area contributed by atoms with Gasteiger partial charge in [-0.25, -0.2) is 8.42 Å². The van der Waals surface area contributed by atoms with E-state index >= 15 is 0 Å². The minimum absolute atomic E-state index is 0.0618. The van der Waals surface area contributed by atoms with Crippen LogP contribution in [-0.4, -0.2) is 21.4 Å². The Morgan fingerprint density at radius 1 is 0.967 bits per heavy atom. The number of carbonyl (C=O) groups excluding carboxylic acids is 1. The molecule has 156 valence electrons. The quantitative estimate of drug-likeness (QED) is 0.513. The van der Waals surface area contributed by atoms with E-state index in [-0.39, 0.29) is 10.5 Å². The summed E-state index contributed by atoms with van der Waals surface area (Å²) in [4.78, 5) is 12.7. The normalized spacial score (nSPS) is 11.1. The molecule has 0 aromatic heterocycles. The Hall–Kier alpha value is -2.74. The van der Waals surface area contributed by atoms with Gasteiger partial charge in [0.05, 0.1) is 17.7 Å². The number of nitrogens with one attached hydrogen (secondary N) is 2. The Balaban J connectivity index is 1.91. The number of aryl methyl sites for hydroxylation is 1. The largest absolute Gasteiger partial charge is 0.495 e. The third-order valence-corrected chi connectivity index (χ3v) is 6.04. The van der Waals surface area contributed by atoms with Crippen LogP contribution in [-0.2, 0) is 10.0 Å². The van der Waals surface area contributed by atoms with E-state index in [0.717, 1.165) is 0 Å². The van der Waals surface area contributed by atoms with Gasteiger partial charge in [-0.1, -0.05) is 41.4 Å². The van der Waals surface area contributed by atoms with E-state index in [4.69, 9.17) is 27.9 Å². The monoisotopic (exact) mass is 464 g/mol. The zero-order valence-corrected chi connectivity index (χ0v) is 18.4. The molecule has 0 unspecified atom stereocenters. The molecule has 0 spiro atoms. The second-order valence-electron chi connectivity index (χ2n) is 6.39. The molecule has 3 aromatic rings. The number of amides is 1. The van der Waals surface area contributed by atoms with Crippen molar-refractivity contribution in [1.82, 2.24) is 0 Å². The highest BCUT2D eigenvalue weighted by molar-refractivity contribution is 7.92. The Labute approximate surface area is 184 Å². The van der Waals surface area contributed by atoms with Crippen LogP contribution >= 0.6 is 23.2 Å². The van der Waals surface area contributed by atoms with Gasteiger partial charge in [-0.05, 0) is 55.0 Å². The second kappa shape index (κ2) is 8.95. The van der Waals surface area contributed by atoms with Crippen LogP contribution in [0, 0.1) is 6.92 Å². The van der Waals surface area contributed by atoms with E-state index in [1.807, 2.05) is 0 Å². The van der Waals surface area contributed by atoms with Crippen molar-refractivity contribution in [2.24, 2.45) is 0 Å². The van der Waals surface area contributed by atoms with E-state index in [9.17, 15) is 13.2 Å². The maximum absolute atomic E-state index is 12.9. The predicted octanol–water partition coefficient (Wildman–Crippen LogP) is 5.36. The lowest BCUT2D eigenvalue weighted by Crippen LogP contribution is -2.17. The molecule has 0 saturated carbocycles. The van der Waals surface area contributed by atoms with Gasteiger partial charge >= 0.3 is 0 Å². The molecule has 0 aliphatic carbocycles. The molecule has 1 amide bonds. The van der Waals surface area contributed by atoms with E-state index in [1.165, 1.54) is 19.2 Å². The Morgan fingerprint density at radius 3 is 2.30 bits per heavy atom. The molecule has 2 N–H and O–H groups in total. The van der Waals surface area contributed by atoms with Gasteiger partial charge in [0.2, 0.25) is 0 Å². The van der Waals surface area contributed by atoms with Crippen molar-refractivity contribution in [2.45, 2.75) is 11.8 Å². The van der Waals surface area contributed by atoms with Crippen LogP contribution in [0.2, 0.25) is 10.0 Å². The van der Waals surface area contributed by atoms with Crippen LogP contribution < -0.4 is 14.8 Å². The summed E-state index contributed by atoms with van der Waals surface area (Å²) in [5, 5.41) is 3.42. The minimum atomic E-state index is -3.96. The van der Waals surface area contributed by atoms with Crippen LogP contribution in [0.15, 0.2) is 65.6 Å². The number of hydrogen-bond acceptors (Lipinski definition) is 4. The molecule has 0 atom stereocenters. The highest BCUT2D eigenvalue weighted by Gasteiger charge is 2.20. The van der Waals surface area contributed by atoms with Crippen molar-refractivity contribution in [1.29, 1.82) is 0 Å². The number of halogens is 2. The number of para-hydroxylation sites is 2. The third kappa shape index (κ3) is 5.05. The number of methoxy groups -OCH3 is 1. The lowest BCUT2D eigenvalue weighted by atomic mass is 10.1. The maximum atomic E-state index is 12.9. The summed E-state index contributed by atoms with van der Waals surface area (Å²) in [5.74, 6) is -0.107. The molecule has 9 heteroatoms. The Morgan fingerprint density at radius 2 is 1.63 bits per heavy atom. The summed E-state index contributed by atoms with van der Waals surface area (Å²) in [6, 6.07) is 15.6. The van der Waals surface area contributed by atoms with E-state index < -0.39 is 15.9 Å². The van der Waals surface area contributed by atoms with Crippen LogP contribution in [0.25, 0.3) is 0 Å². The second-order valence-corrected chi connectivity index (χ2v) is 8.95. The van der Waals surface area contributed by atoms with Gasteiger partial charge in [0.1, 0.15) is 5.75 Å². The molecule has 0 heterocycles.